The number of ether oxygens (including phenoxy) is 1. The summed E-state index contributed by atoms with van der Waals surface area (Å²) in [5.74, 6) is -0.497. The van der Waals surface area contributed by atoms with Gasteiger partial charge in [-0.15, -0.1) is 0 Å². The number of anilines is 2. The largest absolute Gasteiger partial charge is 0.494 e. The maximum absolute atomic E-state index is 13.3. The molecule has 0 bridgehead atoms. The zero-order chi connectivity index (χ0) is 17.1. The quantitative estimate of drug-likeness (QED) is 0.857. The molecule has 1 heterocycles. The molecule has 0 saturated carbocycles. The van der Waals surface area contributed by atoms with E-state index in [1.165, 1.54) is 24.3 Å². The summed E-state index contributed by atoms with van der Waals surface area (Å²) >= 11 is 0. The Morgan fingerprint density at radius 2 is 1.96 bits per heavy atom. The highest BCUT2D eigenvalue weighted by Crippen LogP contribution is 2.26. The molecule has 1 aliphatic rings. The van der Waals surface area contributed by atoms with E-state index in [9.17, 15) is 14.0 Å². The fraction of sp³-hybridized carbons (Fsp3) is 0.222. The zero-order valence-corrected chi connectivity index (χ0v) is 13.2. The maximum Gasteiger partial charge on any atom is 0.256 e. The number of nitrogens with one attached hydrogen (secondary N) is 1. The van der Waals surface area contributed by atoms with Crippen molar-refractivity contribution in [2.24, 2.45) is 0 Å². The van der Waals surface area contributed by atoms with Gasteiger partial charge in [-0.3, -0.25) is 9.59 Å². The standard InChI is InChI=1S/C18H17FN2O3/c1-2-24-15-8-6-13(7-9-15)20-16-11-17(22)21(18(16)23)14-5-3-4-12(19)10-14/h3-10,16,20H,2,11H2,1H3. The molecule has 6 heteroatoms. The first-order valence-electron chi connectivity index (χ1n) is 7.70. The van der Waals surface area contributed by atoms with Crippen LogP contribution in [0.25, 0.3) is 0 Å². The van der Waals surface area contributed by atoms with Crippen LogP contribution in [0.5, 0.6) is 5.75 Å². The number of carbonyl (C=O) groups excluding carboxylic acids is 2. The van der Waals surface area contributed by atoms with E-state index < -0.39 is 11.9 Å². The third-order valence-electron chi connectivity index (χ3n) is 3.72. The first-order valence-corrected chi connectivity index (χ1v) is 7.70. The first kappa shape index (κ1) is 16.0. The summed E-state index contributed by atoms with van der Waals surface area (Å²) in [7, 11) is 0. The lowest BCUT2D eigenvalue weighted by Crippen LogP contribution is -2.34. The van der Waals surface area contributed by atoms with Crippen molar-refractivity contribution in [2.45, 2.75) is 19.4 Å². The molecule has 124 valence electrons. The number of nitrogens with zero attached hydrogens (tertiary/aromatic N) is 1. The highest BCUT2D eigenvalue weighted by Gasteiger charge is 2.39. The lowest BCUT2D eigenvalue weighted by atomic mass is 10.2. The van der Waals surface area contributed by atoms with Gasteiger partial charge in [-0.2, -0.15) is 0 Å². The van der Waals surface area contributed by atoms with Crippen molar-refractivity contribution in [1.82, 2.24) is 0 Å². The summed E-state index contributed by atoms with van der Waals surface area (Å²) in [5, 5.41) is 3.04. The van der Waals surface area contributed by atoms with Crippen molar-refractivity contribution >= 4 is 23.2 Å². The molecule has 3 rings (SSSR count). The van der Waals surface area contributed by atoms with Crippen LogP contribution in [0.2, 0.25) is 0 Å². The Morgan fingerprint density at radius 1 is 1.21 bits per heavy atom. The first-order chi connectivity index (χ1) is 11.6. The van der Waals surface area contributed by atoms with Gasteiger partial charge in [0.2, 0.25) is 5.91 Å². The topological polar surface area (TPSA) is 58.6 Å². The van der Waals surface area contributed by atoms with Gasteiger partial charge in [0, 0.05) is 5.69 Å². The van der Waals surface area contributed by atoms with E-state index in [2.05, 4.69) is 5.32 Å². The van der Waals surface area contributed by atoms with Crippen LogP contribution >= 0.6 is 0 Å². The number of carbonyl (C=O) groups is 2. The molecule has 1 unspecified atom stereocenters. The van der Waals surface area contributed by atoms with Crippen molar-refractivity contribution < 1.29 is 18.7 Å². The molecule has 2 aromatic carbocycles. The molecule has 2 amide bonds. The Morgan fingerprint density at radius 3 is 2.62 bits per heavy atom. The van der Waals surface area contributed by atoms with E-state index in [1.807, 2.05) is 6.92 Å². The van der Waals surface area contributed by atoms with Crippen LogP contribution in [-0.4, -0.2) is 24.5 Å². The summed E-state index contributed by atoms with van der Waals surface area (Å²) in [4.78, 5) is 25.7. The molecule has 24 heavy (non-hydrogen) atoms. The van der Waals surface area contributed by atoms with E-state index in [1.54, 1.807) is 24.3 Å². The molecule has 0 aliphatic carbocycles. The van der Waals surface area contributed by atoms with Crippen LogP contribution < -0.4 is 15.0 Å². The third kappa shape index (κ3) is 3.22. The minimum absolute atomic E-state index is 0.0303. The van der Waals surface area contributed by atoms with Gasteiger partial charge in [-0.05, 0) is 49.4 Å². The van der Waals surface area contributed by atoms with Crippen LogP contribution in [0.15, 0.2) is 48.5 Å². The van der Waals surface area contributed by atoms with E-state index in [-0.39, 0.29) is 23.9 Å². The van der Waals surface area contributed by atoms with Crippen LogP contribution in [0.1, 0.15) is 13.3 Å². The van der Waals surface area contributed by atoms with Gasteiger partial charge in [-0.1, -0.05) is 6.07 Å². The molecule has 0 spiro atoms. The average molecular weight is 328 g/mol. The van der Waals surface area contributed by atoms with Gasteiger partial charge in [0.1, 0.15) is 17.6 Å². The molecule has 1 saturated heterocycles. The number of benzene rings is 2. The van der Waals surface area contributed by atoms with Gasteiger partial charge in [0.05, 0.1) is 18.7 Å². The summed E-state index contributed by atoms with van der Waals surface area (Å²) < 4.78 is 18.7. The number of amides is 2. The van der Waals surface area contributed by atoms with Crippen LogP contribution in [-0.2, 0) is 9.59 Å². The fourth-order valence-corrected chi connectivity index (χ4v) is 2.65. The number of hydrogen-bond acceptors (Lipinski definition) is 4. The molecule has 2 aromatic rings. The SMILES string of the molecule is CCOc1ccc(NC2CC(=O)N(c3cccc(F)c3)C2=O)cc1. The van der Waals surface area contributed by atoms with Gasteiger partial charge < -0.3 is 10.1 Å². The van der Waals surface area contributed by atoms with Gasteiger partial charge >= 0.3 is 0 Å². The number of imide groups is 1. The lowest BCUT2D eigenvalue weighted by molar-refractivity contribution is -0.121. The Bertz CT molecular complexity index is 761. The van der Waals surface area contributed by atoms with Crippen LogP contribution in [0.4, 0.5) is 15.8 Å². The smallest absolute Gasteiger partial charge is 0.256 e. The molecular weight excluding hydrogens is 311 g/mol. The summed E-state index contributed by atoms with van der Waals surface area (Å²) in [6.45, 7) is 2.47. The summed E-state index contributed by atoms with van der Waals surface area (Å²) in [5.41, 5.74) is 0.965. The average Bonchev–Trinajstić information content (AvgIpc) is 2.83. The maximum atomic E-state index is 13.3. The van der Waals surface area contributed by atoms with Crippen molar-refractivity contribution in [3.05, 3.63) is 54.3 Å². The number of halogens is 1. The molecule has 0 aromatic heterocycles. The Hall–Kier alpha value is -2.89. The third-order valence-corrected chi connectivity index (χ3v) is 3.72. The van der Waals surface area contributed by atoms with Crippen molar-refractivity contribution in [2.75, 3.05) is 16.8 Å². The lowest BCUT2D eigenvalue weighted by Gasteiger charge is -2.16. The second-order valence-corrected chi connectivity index (χ2v) is 5.41. The van der Waals surface area contributed by atoms with E-state index in [0.717, 1.165) is 10.6 Å². The van der Waals surface area contributed by atoms with Crippen molar-refractivity contribution in [3.63, 3.8) is 0 Å². The van der Waals surface area contributed by atoms with Gasteiger partial charge in [-0.25, -0.2) is 9.29 Å². The van der Waals surface area contributed by atoms with E-state index in [0.29, 0.717) is 12.3 Å². The van der Waals surface area contributed by atoms with E-state index in [4.69, 9.17) is 4.74 Å². The minimum atomic E-state index is -0.668. The molecule has 1 aliphatic heterocycles. The normalized spacial score (nSPS) is 17.2. The molecule has 0 radical (unpaired) electrons. The van der Waals surface area contributed by atoms with Gasteiger partial charge in [0.25, 0.3) is 5.91 Å². The number of hydrogen-bond donors (Lipinski definition) is 1. The summed E-state index contributed by atoms with van der Waals surface area (Å²) in [6, 6.07) is 11.9. The second kappa shape index (κ2) is 6.70. The molecule has 1 atom stereocenters. The van der Waals surface area contributed by atoms with Crippen LogP contribution in [0.3, 0.4) is 0 Å². The molecule has 5 nitrogen and oxygen atoms in total. The van der Waals surface area contributed by atoms with E-state index >= 15 is 0 Å². The minimum Gasteiger partial charge on any atom is -0.494 e. The fourth-order valence-electron chi connectivity index (χ4n) is 2.65. The Labute approximate surface area is 139 Å². The second-order valence-electron chi connectivity index (χ2n) is 5.41. The van der Waals surface area contributed by atoms with Gasteiger partial charge in [0.15, 0.2) is 0 Å². The van der Waals surface area contributed by atoms with Crippen molar-refractivity contribution in [3.8, 4) is 5.75 Å². The van der Waals surface area contributed by atoms with Crippen LogP contribution in [0, 0.1) is 5.82 Å². The molecule has 1 N–H and O–H groups in total. The zero-order valence-electron chi connectivity index (χ0n) is 13.2. The predicted molar refractivity (Wildman–Crippen MR) is 88.5 cm³/mol. The highest BCUT2D eigenvalue weighted by atomic mass is 19.1. The van der Waals surface area contributed by atoms with Crippen molar-refractivity contribution in [1.29, 1.82) is 0 Å². The Balaban J connectivity index is 1.74. The molecule has 1 fully saturated rings. The number of rotatable bonds is 5. The molecular formula is C18H17FN2O3. The highest BCUT2D eigenvalue weighted by molar-refractivity contribution is 6.23. The summed E-state index contributed by atoms with van der Waals surface area (Å²) in [6.07, 6.45) is 0.0303. The Kier molecular flexibility index (Phi) is 4.46. The monoisotopic (exact) mass is 328 g/mol. The predicted octanol–water partition coefficient (Wildman–Crippen LogP) is 2.97.